The second kappa shape index (κ2) is 8.74. The summed E-state index contributed by atoms with van der Waals surface area (Å²) in [5.41, 5.74) is 0.968. The van der Waals surface area contributed by atoms with Crippen LogP contribution in [0.15, 0.2) is 24.3 Å². The number of nitrogens with zero attached hydrogens (tertiary/aromatic N) is 1. The molecule has 0 unspecified atom stereocenters. The largest absolute Gasteiger partial charge is 0.389 e. The van der Waals surface area contributed by atoms with Crippen LogP contribution in [0.2, 0.25) is 5.02 Å². The molecule has 2 rings (SSSR count). The standard InChI is InChI=1S/C17H26ClNO2/c1-2-15-8-5-6-10-19(15)11-16(20)13-21-12-14-7-3-4-9-17(14)18/h3-4,7,9,15-16,20H,2,5-6,8,10-13H2,1H3/t15-,16+/m1/s1. The molecule has 0 aliphatic carbocycles. The van der Waals surface area contributed by atoms with Gasteiger partial charge in [-0.1, -0.05) is 43.1 Å². The minimum Gasteiger partial charge on any atom is -0.389 e. The lowest BCUT2D eigenvalue weighted by Crippen LogP contribution is -2.44. The summed E-state index contributed by atoms with van der Waals surface area (Å²) in [7, 11) is 0. The summed E-state index contributed by atoms with van der Waals surface area (Å²) in [5.74, 6) is 0. The van der Waals surface area contributed by atoms with E-state index >= 15 is 0 Å². The van der Waals surface area contributed by atoms with Crippen molar-refractivity contribution in [3.8, 4) is 0 Å². The normalized spacial score (nSPS) is 21.4. The Bertz CT molecular complexity index is 427. The molecule has 1 fully saturated rings. The smallest absolute Gasteiger partial charge is 0.0900 e. The molecule has 0 saturated carbocycles. The van der Waals surface area contributed by atoms with Crippen molar-refractivity contribution in [1.29, 1.82) is 0 Å². The van der Waals surface area contributed by atoms with Gasteiger partial charge in [0.15, 0.2) is 0 Å². The second-order valence-corrected chi connectivity index (χ2v) is 6.22. The fraction of sp³-hybridized carbons (Fsp3) is 0.647. The van der Waals surface area contributed by atoms with Crippen LogP contribution in [0.1, 0.15) is 38.2 Å². The van der Waals surface area contributed by atoms with Crippen LogP contribution >= 0.6 is 11.6 Å². The summed E-state index contributed by atoms with van der Waals surface area (Å²) < 4.78 is 5.61. The highest BCUT2D eigenvalue weighted by Gasteiger charge is 2.22. The first kappa shape index (κ1) is 16.8. The fourth-order valence-corrected chi connectivity index (χ4v) is 3.20. The lowest BCUT2D eigenvalue weighted by atomic mass is 10.00. The predicted octanol–water partition coefficient (Wildman–Crippen LogP) is 3.48. The molecule has 2 atom stereocenters. The molecule has 1 aromatic rings. The van der Waals surface area contributed by atoms with E-state index in [1.165, 1.54) is 19.3 Å². The van der Waals surface area contributed by atoms with Crippen molar-refractivity contribution >= 4 is 11.6 Å². The van der Waals surface area contributed by atoms with Gasteiger partial charge in [-0.25, -0.2) is 0 Å². The van der Waals surface area contributed by atoms with E-state index in [0.29, 0.717) is 30.8 Å². The first-order valence-corrected chi connectivity index (χ1v) is 8.31. The Kier molecular flexibility index (Phi) is 6.97. The SMILES string of the molecule is CC[C@@H]1CCCCN1C[C@H](O)COCc1ccccc1Cl. The molecule has 0 spiro atoms. The molecule has 1 saturated heterocycles. The minimum absolute atomic E-state index is 0.359. The number of likely N-dealkylation sites (tertiary alicyclic amines) is 1. The van der Waals surface area contributed by atoms with Gasteiger partial charge in [0.1, 0.15) is 0 Å². The topological polar surface area (TPSA) is 32.7 Å². The summed E-state index contributed by atoms with van der Waals surface area (Å²) in [6, 6.07) is 8.28. The molecule has 118 valence electrons. The second-order valence-electron chi connectivity index (χ2n) is 5.81. The fourth-order valence-electron chi connectivity index (χ4n) is 3.01. The van der Waals surface area contributed by atoms with E-state index in [4.69, 9.17) is 16.3 Å². The molecule has 0 amide bonds. The molecule has 1 aliphatic rings. The van der Waals surface area contributed by atoms with Gasteiger partial charge in [0, 0.05) is 17.6 Å². The summed E-state index contributed by atoms with van der Waals surface area (Å²) in [6.45, 7) is 4.84. The number of halogens is 1. The van der Waals surface area contributed by atoms with E-state index in [9.17, 15) is 5.11 Å². The summed E-state index contributed by atoms with van der Waals surface area (Å²) >= 11 is 6.08. The number of piperidine rings is 1. The van der Waals surface area contributed by atoms with Gasteiger partial charge >= 0.3 is 0 Å². The molecule has 1 heterocycles. The van der Waals surface area contributed by atoms with E-state index in [-0.39, 0.29) is 0 Å². The molecular weight excluding hydrogens is 286 g/mol. The van der Waals surface area contributed by atoms with E-state index in [2.05, 4.69) is 11.8 Å². The molecule has 4 heteroatoms. The molecule has 3 nitrogen and oxygen atoms in total. The molecule has 21 heavy (non-hydrogen) atoms. The van der Waals surface area contributed by atoms with E-state index in [1.54, 1.807) is 0 Å². The molecule has 0 radical (unpaired) electrons. The number of hydrogen-bond acceptors (Lipinski definition) is 3. The maximum absolute atomic E-state index is 10.2. The molecule has 1 N–H and O–H groups in total. The van der Waals surface area contributed by atoms with E-state index in [0.717, 1.165) is 18.5 Å². The number of aliphatic hydroxyl groups excluding tert-OH is 1. The summed E-state index contributed by atoms with van der Waals surface area (Å²) in [4.78, 5) is 2.41. The number of benzene rings is 1. The third-order valence-corrected chi connectivity index (χ3v) is 4.56. The first-order chi connectivity index (χ1) is 10.2. The number of hydrogen-bond donors (Lipinski definition) is 1. The van der Waals surface area contributed by atoms with Crippen LogP contribution in [0.4, 0.5) is 0 Å². The van der Waals surface area contributed by atoms with Crippen molar-refractivity contribution in [2.45, 2.75) is 51.4 Å². The Morgan fingerprint density at radius 3 is 2.95 bits per heavy atom. The van der Waals surface area contributed by atoms with Crippen LogP contribution in [0.3, 0.4) is 0 Å². The number of β-amino-alcohol motifs (C(OH)–C–C–N with tert-alkyl or cyclic N) is 1. The van der Waals surface area contributed by atoms with Gasteiger partial charge in [0.25, 0.3) is 0 Å². The van der Waals surface area contributed by atoms with E-state index < -0.39 is 6.10 Å². The Balaban J connectivity index is 1.72. The van der Waals surface area contributed by atoms with Gasteiger partial charge in [0.05, 0.1) is 19.3 Å². The Morgan fingerprint density at radius 2 is 2.19 bits per heavy atom. The van der Waals surface area contributed by atoms with Gasteiger partial charge in [0.2, 0.25) is 0 Å². The van der Waals surface area contributed by atoms with Gasteiger partial charge in [-0.2, -0.15) is 0 Å². The van der Waals surface area contributed by atoms with Gasteiger partial charge in [-0.3, -0.25) is 4.90 Å². The Labute approximate surface area is 132 Å². The monoisotopic (exact) mass is 311 g/mol. The predicted molar refractivity (Wildman–Crippen MR) is 86.6 cm³/mol. The zero-order valence-electron chi connectivity index (χ0n) is 12.8. The molecule has 1 aliphatic heterocycles. The highest BCUT2D eigenvalue weighted by atomic mass is 35.5. The van der Waals surface area contributed by atoms with Crippen molar-refractivity contribution in [2.75, 3.05) is 19.7 Å². The number of rotatable bonds is 7. The minimum atomic E-state index is -0.431. The highest BCUT2D eigenvalue weighted by Crippen LogP contribution is 2.20. The van der Waals surface area contributed by atoms with Crippen LogP contribution < -0.4 is 0 Å². The van der Waals surface area contributed by atoms with Crippen molar-refractivity contribution < 1.29 is 9.84 Å². The zero-order valence-corrected chi connectivity index (χ0v) is 13.6. The summed E-state index contributed by atoms with van der Waals surface area (Å²) in [6.07, 6.45) is 4.54. The Morgan fingerprint density at radius 1 is 1.38 bits per heavy atom. The van der Waals surface area contributed by atoms with Gasteiger partial charge < -0.3 is 9.84 Å². The molecule has 0 bridgehead atoms. The third-order valence-electron chi connectivity index (χ3n) is 4.19. The molecule has 1 aromatic carbocycles. The van der Waals surface area contributed by atoms with Crippen LogP contribution in [0.25, 0.3) is 0 Å². The average Bonchev–Trinajstić information content (AvgIpc) is 2.50. The van der Waals surface area contributed by atoms with Crippen LogP contribution in [0, 0.1) is 0 Å². The maximum Gasteiger partial charge on any atom is 0.0900 e. The van der Waals surface area contributed by atoms with Gasteiger partial charge in [-0.05, 0) is 37.4 Å². The lowest BCUT2D eigenvalue weighted by Gasteiger charge is -2.36. The third kappa shape index (κ3) is 5.26. The van der Waals surface area contributed by atoms with Crippen molar-refractivity contribution in [3.63, 3.8) is 0 Å². The molecule has 0 aromatic heterocycles. The highest BCUT2D eigenvalue weighted by molar-refractivity contribution is 6.31. The Hall–Kier alpha value is -0.610. The van der Waals surface area contributed by atoms with Crippen LogP contribution in [-0.4, -0.2) is 41.8 Å². The van der Waals surface area contributed by atoms with Crippen LogP contribution in [0.5, 0.6) is 0 Å². The van der Waals surface area contributed by atoms with E-state index in [1.807, 2.05) is 24.3 Å². The average molecular weight is 312 g/mol. The van der Waals surface area contributed by atoms with Crippen LogP contribution in [-0.2, 0) is 11.3 Å². The molecular formula is C17H26ClNO2. The van der Waals surface area contributed by atoms with Crippen molar-refractivity contribution in [2.24, 2.45) is 0 Å². The summed E-state index contributed by atoms with van der Waals surface area (Å²) in [5, 5.41) is 10.9. The number of aliphatic hydroxyl groups is 1. The first-order valence-electron chi connectivity index (χ1n) is 7.94. The quantitative estimate of drug-likeness (QED) is 0.837. The van der Waals surface area contributed by atoms with Crippen molar-refractivity contribution in [1.82, 2.24) is 4.90 Å². The zero-order chi connectivity index (χ0) is 15.1. The van der Waals surface area contributed by atoms with Gasteiger partial charge in [-0.15, -0.1) is 0 Å². The van der Waals surface area contributed by atoms with Crippen molar-refractivity contribution in [3.05, 3.63) is 34.9 Å². The lowest BCUT2D eigenvalue weighted by molar-refractivity contribution is -0.00375. The number of ether oxygens (including phenoxy) is 1. The maximum atomic E-state index is 10.2.